The van der Waals surface area contributed by atoms with E-state index in [-0.39, 0.29) is 6.61 Å². The molecular formula is C13H12BrNO2S. The van der Waals surface area contributed by atoms with Crippen LogP contribution in [0.25, 0.3) is 0 Å². The molecule has 5 heteroatoms. The molecule has 18 heavy (non-hydrogen) atoms. The Kier molecular flexibility index (Phi) is 4.52. The van der Waals surface area contributed by atoms with Crippen molar-refractivity contribution in [3.8, 4) is 0 Å². The maximum atomic E-state index is 11.7. The summed E-state index contributed by atoms with van der Waals surface area (Å²) in [5, 5.41) is 1.89. The summed E-state index contributed by atoms with van der Waals surface area (Å²) in [4.78, 5) is 12.6. The first kappa shape index (κ1) is 13.3. The van der Waals surface area contributed by atoms with Crippen molar-refractivity contribution in [2.45, 2.75) is 12.6 Å². The van der Waals surface area contributed by atoms with E-state index < -0.39 is 12.0 Å². The van der Waals surface area contributed by atoms with Crippen molar-refractivity contribution < 1.29 is 9.53 Å². The molecule has 94 valence electrons. The van der Waals surface area contributed by atoms with Crippen LogP contribution in [0.15, 0.2) is 46.3 Å². The average Bonchev–Trinajstić information content (AvgIpc) is 2.89. The van der Waals surface area contributed by atoms with E-state index in [4.69, 9.17) is 10.5 Å². The van der Waals surface area contributed by atoms with Crippen molar-refractivity contribution in [1.29, 1.82) is 0 Å². The van der Waals surface area contributed by atoms with Gasteiger partial charge in [0, 0.05) is 9.35 Å². The van der Waals surface area contributed by atoms with Crippen molar-refractivity contribution in [2.24, 2.45) is 5.73 Å². The van der Waals surface area contributed by atoms with Gasteiger partial charge >= 0.3 is 5.97 Å². The van der Waals surface area contributed by atoms with Gasteiger partial charge in [0.25, 0.3) is 0 Å². The first-order chi connectivity index (χ1) is 8.66. The van der Waals surface area contributed by atoms with E-state index in [9.17, 15) is 4.79 Å². The first-order valence-electron chi connectivity index (χ1n) is 5.37. The third-order valence-corrected chi connectivity index (χ3v) is 3.82. The summed E-state index contributed by atoms with van der Waals surface area (Å²) in [5.74, 6) is -0.405. The fourth-order valence-corrected chi connectivity index (χ4v) is 2.62. The number of hydrogen-bond acceptors (Lipinski definition) is 4. The molecule has 0 fully saturated rings. The minimum atomic E-state index is -0.697. The van der Waals surface area contributed by atoms with Gasteiger partial charge in [-0.1, -0.05) is 34.1 Å². The zero-order valence-electron chi connectivity index (χ0n) is 9.51. The van der Waals surface area contributed by atoms with Crippen molar-refractivity contribution in [3.05, 3.63) is 56.7 Å². The number of thiophene rings is 1. The number of rotatable bonds is 4. The van der Waals surface area contributed by atoms with Crippen molar-refractivity contribution >= 4 is 33.2 Å². The third kappa shape index (κ3) is 3.41. The Morgan fingerprint density at radius 2 is 2.22 bits per heavy atom. The molecule has 1 aromatic heterocycles. The topological polar surface area (TPSA) is 52.3 Å². The molecule has 0 amide bonds. The van der Waals surface area contributed by atoms with Gasteiger partial charge in [-0.2, -0.15) is 0 Å². The Balaban J connectivity index is 1.92. The molecule has 0 radical (unpaired) electrons. The lowest BCUT2D eigenvalue weighted by Gasteiger charge is -2.10. The minimum absolute atomic E-state index is 0.233. The largest absolute Gasteiger partial charge is 0.459 e. The highest BCUT2D eigenvalue weighted by Crippen LogP contribution is 2.19. The fourth-order valence-electron chi connectivity index (χ4n) is 1.46. The van der Waals surface area contributed by atoms with Crippen LogP contribution >= 0.6 is 27.3 Å². The highest BCUT2D eigenvalue weighted by atomic mass is 79.9. The molecular weight excluding hydrogens is 314 g/mol. The maximum Gasteiger partial charge on any atom is 0.328 e. The molecule has 1 heterocycles. The third-order valence-electron chi connectivity index (χ3n) is 2.37. The standard InChI is InChI=1S/C13H12BrNO2S/c14-10-4-1-3-9(7-10)8-17-13(16)12(15)11-5-2-6-18-11/h1-7,12H,8,15H2. The zero-order valence-corrected chi connectivity index (χ0v) is 11.9. The summed E-state index contributed by atoms with van der Waals surface area (Å²) in [6.45, 7) is 0.233. The Labute approximate surface area is 118 Å². The molecule has 0 saturated heterocycles. The first-order valence-corrected chi connectivity index (χ1v) is 7.04. The molecule has 1 unspecified atom stereocenters. The van der Waals surface area contributed by atoms with Crippen LogP contribution in [-0.4, -0.2) is 5.97 Å². The molecule has 1 atom stereocenters. The maximum absolute atomic E-state index is 11.7. The Bertz CT molecular complexity index is 528. The monoisotopic (exact) mass is 325 g/mol. The van der Waals surface area contributed by atoms with Gasteiger partial charge in [0.15, 0.2) is 0 Å². The van der Waals surface area contributed by atoms with Crippen LogP contribution in [0.4, 0.5) is 0 Å². The predicted octanol–water partition coefficient (Wildman–Crippen LogP) is 3.25. The number of ether oxygens (including phenoxy) is 1. The lowest BCUT2D eigenvalue weighted by atomic mass is 10.2. The number of carbonyl (C=O) groups is 1. The normalized spacial score (nSPS) is 12.1. The van der Waals surface area contributed by atoms with E-state index in [0.29, 0.717) is 0 Å². The molecule has 2 rings (SSSR count). The van der Waals surface area contributed by atoms with Gasteiger partial charge in [0.05, 0.1) is 0 Å². The van der Waals surface area contributed by atoms with Crippen LogP contribution in [-0.2, 0) is 16.1 Å². The minimum Gasteiger partial charge on any atom is -0.459 e. The van der Waals surface area contributed by atoms with E-state index in [1.807, 2.05) is 41.8 Å². The summed E-state index contributed by atoms with van der Waals surface area (Å²) in [7, 11) is 0. The SMILES string of the molecule is NC(C(=O)OCc1cccc(Br)c1)c1cccs1. The molecule has 1 aromatic carbocycles. The highest BCUT2D eigenvalue weighted by Gasteiger charge is 2.18. The Hall–Kier alpha value is -1.17. The van der Waals surface area contributed by atoms with Crippen molar-refractivity contribution in [2.75, 3.05) is 0 Å². The lowest BCUT2D eigenvalue weighted by Crippen LogP contribution is -2.22. The summed E-state index contributed by atoms with van der Waals surface area (Å²) >= 11 is 4.82. The van der Waals surface area contributed by atoms with Crippen molar-refractivity contribution in [1.82, 2.24) is 0 Å². The summed E-state index contributed by atoms with van der Waals surface area (Å²) in [6, 6.07) is 10.6. The second-order valence-corrected chi connectivity index (χ2v) is 5.63. The van der Waals surface area contributed by atoms with Crippen LogP contribution in [0.5, 0.6) is 0 Å². The van der Waals surface area contributed by atoms with Crippen LogP contribution in [0.3, 0.4) is 0 Å². The van der Waals surface area contributed by atoms with E-state index in [2.05, 4.69) is 15.9 Å². The lowest BCUT2D eigenvalue weighted by molar-refractivity contribution is -0.146. The van der Waals surface area contributed by atoms with E-state index in [0.717, 1.165) is 14.9 Å². The summed E-state index contributed by atoms with van der Waals surface area (Å²) in [5.41, 5.74) is 6.73. The van der Waals surface area contributed by atoms with Crippen LogP contribution in [0.2, 0.25) is 0 Å². The number of benzene rings is 1. The molecule has 0 aliphatic heterocycles. The molecule has 0 spiro atoms. The van der Waals surface area contributed by atoms with Gasteiger partial charge < -0.3 is 10.5 Å². The van der Waals surface area contributed by atoms with Gasteiger partial charge in [-0.25, -0.2) is 4.79 Å². The van der Waals surface area contributed by atoms with E-state index >= 15 is 0 Å². The Morgan fingerprint density at radius 3 is 2.89 bits per heavy atom. The Morgan fingerprint density at radius 1 is 1.39 bits per heavy atom. The molecule has 3 nitrogen and oxygen atoms in total. The second kappa shape index (κ2) is 6.13. The smallest absolute Gasteiger partial charge is 0.328 e. The molecule has 0 aliphatic rings. The second-order valence-electron chi connectivity index (χ2n) is 3.73. The van der Waals surface area contributed by atoms with Crippen molar-refractivity contribution in [3.63, 3.8) is 0 Å². The predicted molar refractivity (Wildman–Crippen MR) is 75.2 cm³/mol. The molecule has 0 aliphatic carbocycles. The van der Waals surface area contributed by atoms with Gasteiger partial charge in [-0.3, -0.25) is 0 Å². The highest BCUT2D eigenvalue weighted by molar-refractivity contribution is 9.10. The number of carbonyl (C=O) groups excluding carboxylic acids is 1. The molecule has 0 bridgehead atoms. The summed E-state index contributed by atoms with van der Waals surface area (Å²) in [6.07, 6.45) is 0. The van der Waals surface area contributed by atoms with Crippen LogP contribution < -0.4 is 5.73 Å². The van der Waals surface area contributed by atoms with Crippen LogP contribution in [0.1, 0.15) is 16.5 Å². The number of nitrogens with two attached hydrogens (primary N) is 1. The molecule has 2 aromatic rings. The number of esters is 1. The quantitative estimate of drug-likeness (QED) is 0.878. The van der Waals surface area contributed by atoms with Gasteiger partial charge in [-0.05, 0) is 29.1 Å². The van der Waals surface area contributed by atoms with Gasteiger partial charge in [-0.15, -0.1) is 11.3 Å². The van der Waals surface area contributed by atoms with Crippen LogP contribution in [0, 0.1) is 0 Å². The number of hydrogen-bond donors (Lipinski definition) is 1. The van der Waals surface area contributed by atoms with E-state index in [1.165, 1.54) is 11.3 Å². The number of halogens is 1. The van der Waals surface area contributed by atoms with Gasteiger partial charge in [0.2, 0.25) is 0 Å². The molecule has 0 saturated carbocycles. The molecule has 2 N–H and O–H groups in total. The zero-order chi connectivity index (χ0) is 13.0. The van der Waals surface area contributed by atoms with Gasteiger partial charge in [0.1, 0.15) is 12.6 Å². The fraction of sp³-hybridized carbons (Fsp3) is 0.154. The summed E-state index contributed by atoms with van der Waals surface area (Å²) < 4.78 is 6.15. The van der Waals surface area contributed by atoms with E-state index in [1.54, 1.807) is 0 Å². The average molecular weight is 326 g/mol.